The predicted molar refractivity (Wildman–Crippen MR) is 60.1 cm³/mol. The first-order valence-electron chi connectivity index (χ1n) is 5.49. The third-order valence-electron chi connectivity index (χ3n) is 3.29. The van der Waals surface area contributed by atoms with Crippen molar-refractivity contribution in [2.45, 2.75) is 39.2 Å². The monoisotopic (exact) mass is 224 g/mol. The van der Waals surface area contributed by atoms with Crippen molar-refractivity contribution in [1.29, 1.82) is 0 Å². The molecule has 1 aliphatic rings. The van der Waals surface area contributed by atoms with Crippen molar-refractivity contribution < 1.29 is 4.92 Å². The molecule has 0 saturated heterocycles. The van der Waals surface area contributed by atoms with Crippen molar-refractivity contribution in [3.05, 3.63) is 15.8 Å². The zero-order valence-corrected chi connectivity index (χ0v) is 9.51. The topological polar surface area (TPSA) is 87.0 Å². The summed E-state index contributed by atoms with van der Waals surface area (Å²) in [6.07, 6.45) is 3.14. The van der Waals surface area contributed by atoms with Crippen LogP contribution in [-0.2, 0) is 0 Å². The van der Waals surface area contributed by atoms with Gasteiger partial charge in [-0.2, -0.15) is 5.10 Å². The average molecular weight is 224 g/mol. The van der Waals surface area contributed by atoms with Gasteiger partial charge >= 0.3 is 5.69 Å². The second kappa shape index (κ2) is 3.77. The molecule has 1 aromatic rings. The standard InChI is InChI=1S/C10H16N4O2/c1-6-3-4-8(5-6)13-10(11)9(14(15)16)7(2)12-13/h6,8H,3-5,11H2,1-2H3. The fraction of sp³-hybridized carbons (Fsp3) is 0.700. The summed E-state index contributed by atoms with van der Waals surface area (Å²) in [7, 11) is 0. The maximum Gasteiger partial charge on any atom is 0.333 e. The first-order chi connectivity index (χ1) is 7.50. The van der Waals surface area contributed by atoms with Crippen molar-refractivity contribution in [2.24, 2.45) is 5.92 Å². The highest BCUT2D eigenvalue weighted by Crippen LogP contribution is 2.37. The summed E-state index contributed by atoms with van der Waals surface area (Å²) < 4.78 is 1.64. The van der Waals surface area contributed by atoms with Gasteiger partial charge in [-0.3, -0.25) is 10.1 Å². The maximum absolute atomic E-state index is 10.8. The lowest BCUT2D eigenvalue weighted by Crippen LogP contribution is -2.11. The molecule has 1 heterocycles. The van der Waals surface area contributed by atoms with Gasteiger partial charge < -0.3 is 5.73 Å². The summed E-state index contributed by atoms with van der Waals surface area (Å²) in [5, 5.41) is 15.0. The van der Waals surface area contributed by atoms with Gasteiger partial charge in [-0.05, 0) is 32.1 Å². The van der Waals surface area contributed by atoms with Crippen LogP contribution in [0.4, 0.5) is 11.5 Å². The van der Waals surface area contributed by atoms with E-state index < -0.39 is 4.92 Å². The number of aromatic nitrogens is 2. The van der Waals surface area contributed by atoms with E-state index in [0.29, 0.717) is 11.6 Å². The number of anilines is 1. The van der Waals surface area contributed by atoms with Crippen LogP contribution >= 0.6 is 0 Å². The Morgan fingerprint density at radius 3 is 2.69 bits per heavy atom. The molecule has 0 amide bonds. The third kappa shape index (κ3) is 1.64. The zero-order chi connectivity index (χ0) is 11.9. The molecule has 0 aliphatic heterocycles. The van der Waals surface area contributed by atoms with Crippen molar-refractivity contribution >= 4 is 11.5 Å². The molecule has 1 saturated carbocycles. The molecule has 2 atom stereocenters. The normalized spacial score (nSPS) is 24.9. The Bertz CT molecular complexity index is 427. The van der Waals surface area contributed by atoms with Gasteiger partial charge in [0.1, 0.15) is 5.69 Å². The van der Waals surface area contributed by atoms with Gasteiger partial charge in [0.05, 0.1) is 11.0 Å². The number of aryl methyl sites for hydroxylation is 1. The summed E-state index contributed by atoms with van der Waals surface area (Å²) in [6, 6.07) is 0.224. The summed E-state index contributed by atoms with van der Waals surface area (Å²) in [4.78, 5) is 10.4. The molecule has 0 radical (unpaired) electrons. The largest absolute Gasteiger partial charge is 0.378 e. The highest BCUT2D eigenvalue weighted by atomic mass is 16.6. The second-order valence-electron chi connectivity index (χ2n) is 4.59. The van der Waals surface area contributed by atoms with Crippen LogP contribution in [0.25, 0.3) is 0 Å². The quantitative estimate of drug-likeness (QED) is 0.615. The maximum atomic E-state index is 10.8. The molecule has 6 heteroatoms. The van der Waals surface area contributed by atoms with Crippen molar-refractivity contribution in [1.82, 2.24) is 9.78 Å². The SMILES string of the molecule is Cc1nn(C2CCC(C)C2)c(N)c1[N+](=O)[O-]. The van der Waals surface area contributed by atoms with E-state index in [4.69, 9.17) is 5.73 Å². The van der Waals surface area contributed by atoms with E-state index in [9.17, 15) is 10.1 Å². The summed E-state index contributed by atoms with van der Waals surface area (Å²) in [5.41, 5.74) is 6.15. The van der Waals surface area contributed by atoms with Gasteiger partial charge in [0.25, 0.3) is 0 Å². The lowest BCUT2D eigenvalue weighted by Gasteiger charge is -2.11. The van der Waals surface area contributed by atoms with E-state index >= 15 is 0 Å². The van der Waals surface area contributed by atoms with Gasteiger partial charge in [0.15, 0.2) is 0 Å². The van der Waals surface area contributed by atoms with Crippen molar-refractivity contribution in [3.8, 4) is 0 Å². The van der Waals surface area contributed by atoms with Crippen molar-refractivity contribution in [2.75, 3.05) is 5.73 Å². The Morgan fingerprint density at radius 1 is 1.56 bits per heavy atom. The minimum Gasteiger partial charge on any atom is -0.378 e. The van der Waals surface area contributed by atoms with E-state index in [1.807, 2.05) is 0 Å². The number of nitrogens with zero attached hydrogens (tertiary/aromatic N) is 3. The van der Waals surface area contributed by atoms with Crippen LogP contribution < -0.4 is 5.73 Å². The molecule has 1 aliphatic carbocycles. The molecule has 2 N–H and O–H groups in total. The van der Waals surface area contributed by atoms with Gasteiger partial charge in [-0.1, -0.05) is 6.92 Å². The average Bonchev–Trinajstić information content (AvgIpc) is 2.70. The number of nitrogen functional groups attached to an aromatic ring is 1. The lowest BCUT2D eigenvalue weighted by molar-refractivity contribution is -0.384. The highest BCUT2D eigenvalue weighted by Gasteiger charge is 2.30. The Hall–Kier alpha value is -1.59. The van der Waals surface area contributed by atoms with Crippen LogP contribution in [0.15, 0.2) is 0 Å². The van der Waals surface area contributed by atoms with Crippen molar-refractivity contribution in [3.63, 3.8) is 0 Å². The van der Waals surface area contributed by atoms with Gasteiger partial charge in [0, 0.05) is 0 Å². The predicted octanol–water partition coefficient (Wildman–Crippen LogP) is 2.04. The molecule has 2 rings (SSSR count). The molecule has 2 unspecified atom stereocenters. The van der Waals surface area contributed by atoms with Gasteiger partial charge in [-0.15, -0.1) is 0 Å². The van der Waals surface area contributed by atoms with Gasteiger partial charge in [-0.25, -0.2) is 4.68 Å². The van der Waals surface area contributed by atoms with E-state index in [1.165, 1.54) is 0 Å². The highest BCUT2D eigenvalue weighted by molar-refractivity contribution is 5.56. The molecule has 1 aromatic heterocycles. The van der Waals surface area contributed by atoms with Crippen LogP contribution in [-0.4, -0.2) is 14.7 Å². The summed E-state index contributed by atoms with van der Waals surface area (Å²) in [6.45, 7) is 3.81. The second-order valence-corrected chi connectivity index (χ2v) is 4.59. The molecule has 16 heavy (non-hydrogen) atoms. The van der Waals surface area contributed by atoms with E-state index in [2.05, 4.69) is 12.0 Å². The molecule has 0 bridgehead atoms. The van der Waals surface area contributed by atoms with E-state index in [-0.39, 0.29) is 17.5 Å². The number of nitrogens with two attached hydrogens (primary N) is 1. The lowest BCUT2D eigenvalue weighted by atomic mass is 10.1. The number of rotatable bonds is 2. The Kier molecular flexibility index (Phi) is 2.57. The molecular weight excluding hydrogens is 208 g/mol. The van der Waals surface area contributed by atoms with Crippen LogP contribution in [0.2, 0.25) is 0 Å². The molecular formula is C10H16N4O2. The minimum atomic E-state index is -0.452. The number of hydrogen-bond donors (Lipinski definition) is 1. The molecule has 6 nitrogen and oxygen atoms in total. The van der Waals surface area contributed by atoms with Crippen LogP contribution in [0.5, 0.6) is 0 Å². The first kappa shape index (κ1) is 10.9. The molecule has 0 aromatic carbocycles. The Labute approximate surface area is 93.6 Å². The molecule has 88 valence electrons. The Morgan fingerprint density at radius 2 is 2.25 bits per heavy atom. The summed E-state index contributed by atoms with van der Waals surface area (Å²) >= 11 is 0. The smallest absolute Gasteiger partial charge is 0.333 e. The number of hydrogen-bond acceptors (Lipinski definition) is 4. The summed E-state index contributed by atoms with van der Waals surface area (Å²) in [5.74, 6) is 0.842. The first-order valence-corrected chi connectivity index (χ1v) is 5.49. The van der Waals surface area contributed by atoms with Crippen LogP contribution in [0, 0.1) is 23.0 Å². The Balaban J connectivity index is 2.36. The van der Waals surface area contributed by atoms with Gasteiger partial charge in [0.2, 0.25) is 5.82 Å². The molecule has 1 fully saturated rings. The third-order valence-corrected chi connectivity index (χ3v) is 3.29. The van der Waals surface area contributed by atoms with Crippen LogP contribution in [0.3, 0.4) is 0 Å². The molecule has 0 spiro atoms. The zero-order valence-electron chi connectivity index (χ0n) is 9.51. The van der Waals surface area contributed by atoms with E-state index in [0.717, 1.165) is 19.3 Å². The van der Waals surface area contributed by atoms with E-state index in [1.54, 1.807) is 11.6 Å². The number of nitro groups is 1. The van der Waals surface area contributed by atoms with Crippen LogP contribution in [0.1, 0.15) is 37.9 Å². The minimum absolute atomic E-state index is 0.0421. The fourth-order valence-electron chi connectivity index (χ4n) is 2.46. The fourth-order valence-corrected chi connectivity index (χ4v) is 2.46.